The topological polar surface area (TPSA) is 61.4 Å². The monoisotopic (exact) mass is 315 g/mol. The normalized spacial score (nSPS) is 21.1. The van der Waals surface area contributed by atoms with E-state index in [1.807, 2.05) is 0 Å². The van der Waals surface area contributed by atoms with Crippen LogP contribution in [0.15, 0.2) is 12.4 Å². The number of likely N-dealkylation sites (tertiary alicyclic amines) is 1. The van der Waals surface area contributed by atoms with E-state index in [1.165, 1.54) is 17.3 Å². The molecule has 0 aliphatic carbocycles. The highest BCUT2D eigenvalue weighted by Crippen LogP contribution is 2.36. The molecule has 1 N–H and O–H groups in total. The Hall–Kier alpha value is -2.06. The largest absolute Gasteiger partial charge is 0.408 e. The molecule has 1 amide bonds. The van der Waals surface area contributed by atoms with Crippen LogP contribution in [0.3, 0.4) is 0 Å². The fourth-order valence-electron chi connectivity index (χ4n) is 2.45. The van der Waals surface area contributed by atoms with Crippen molar-refractivity contribution in [3.8, 4) is 0 Å². The van der Waals surface area contributed by atoms with E-state index < -0.39 is 12.2 Å². The van der Waals surface area contributed by atoms with E-state index in [0.29, 0.717) is 12.4 Å². The van der Waals surface area contributed by atoms with Crippen molar-refractivity contribution in [2.45, 2.75) is 25.1 Å². The van der Waals surface area contributed by atoms with E-state index >= 15 is 0 Å². The van der Waals surface area contributed by atoms with Crippen molar-refractivity contribution in [2.24, 2.45) is 0 Å². The minimum atomic E-state index is -4.26. The molecule has 0 aromatic carbocycles. The summed E-state index contributed by atoms with van der Waals surface area (Å²) < 4.78 is 38.3. The number of hydrogen-bond donors (Lipinski definition) is 1. The van der Waals surface area contributed by atoms with Crippen molar-refractivity contribution < 1.29 is 18.0 Å². The summed E-state index contributed by atoms with van der Waals surface area (Å²) >= 11 is 0. The first-order chi connectivity index (χ1) is 10.4. The minimum absolute atomic E-state index is 0.0384. The van der Waals surface area contributed by atoms with Crippen molar-refractivity contribution in [1.29, 1.82) is 0 Å². The highest BCUT2D eigenvalue weighted by atomic mass is 19.4. The van der Waals surface area contributed by atoms with E-state index in [1.54, 1.807) is 4.90 Å². The van der Waals surface area contributed by atoms with Gasteiger partial charge in [-0.25, -0.2) is 9.97 Å². The van der Waals surface area contributed by atoms with Crippen LogP contribution in [-0.2, 0) is 4.79 Å². The molecule has 0 spiro atoms. The second-order valence-corrected chi connectivity index (χ2v) is 5.39. The number of amides is 1. The molecule has 2 aliphatic heterocycles. The highest BCUT2D eigenvalue weighted by molar-refractivity contribution is 5.81. The summed E-state index contributed by atoms with van der Waals surface area (Å²) in [5.41, 5.74) is 0. The van der Waals surface area contributed by atoms with Gasteiger partial charge in [0, 0.05) is 25.7 Å². The van der Waals surface area contributed by atoms with Gasteiger partial charge in [0.2, 0.25) is 5.91 Å². The number of aromatic nitrogens is 2. The lowest BCUT2D eigenvalue weighted by molar-refractivity contribution is -0.159. The van der Waals surface area contributed by atoms with Crippen molar-refractivity contribution in [3.05, 3.63) is 12.4 Å². The lowest BCUT2D eigenvalue weighted by atomic mass is 10.0. The predicted octanol–water partition coefficient (Wildman–Crippen LogP) is 1.26. The number of halogens is 3. The summed E-state index contributed by atoms with van der Waals surface area (Å²) in [6, 6.07) is -0.0423. The SMILES string of the molecule is O=C(CNc1cc(N2CCC2C(F)(F)F)ncn1)N1CCC1. The molecule has 2 aliphatic rings. The molecule has 0 radical (unpaired) electrons. The number of carbonyl (C=O) groups is 1. The highest BCUT2D eigenvalue weighted by Gasteiger charge is 2.49. The van der Waals surface area contributed by atoms with Gasteiger partial charge in [-0.05, 0) is 12.8 Å². The summed E-state index contributed by atoms with van der Waals surface area (Å²) in [4.78, 5) is 22.5. The van der Waals surface area contributed by atoms with E-state index in [9.17, 15) is 18.0 Å². The number of rotatable bonds is 4. The predicted molar refractivity (Wildman–Crippen MR) is 73.5 cm³/mol. The molecular formula is C13H16F3N5O. The number of carbonyl (C=O) groups excluding carboxylic acids is 1. The van der Waals surface area contributed by atoms with Gasteiger partial charge >= 0.3 is 6.18 Å². The maximum Gasteiger partial charge on any atom is 0.408 e. The average molecular weight is 315 g/mol. The third-order valence-corrected chi connectivity index (χ3v) is 3.97. The zero-order valence-electron chi connectivity index (χ0n) is 11.8. The Labute approximate surface area is 125 Å². The van der Waals surface area contributed by atoms with Gasteiger partial charge in [-0.2, -0.15) is 13.2 Å². The van der Waals surface area contributed by atoms with Gasteiger partial charge in [-0.1, -0.05) is 0 Å². The van der Waals surface area contributed by atoms with E-state index in [2.05, 4.69) is 15.3 Å². The van der Waals surface area contributed by atoms with E-state index in [0.717, 1.165) is 19.5 Å². The Kier molecular flexibility index (Phi) is 3.79. The van der Waals surface area contributed by atoms with Crippen LogP contribution in [0.1, 0.15) is 12.8 Å². The van der Waals surface area contributed by atoms with Gasteiger partial charge in [0.25, 0.3) is 0 Å². The molecule has 22 heavy (non-hydrogen) atoms. The molecule has 3 heterocycles. The fourth-order valence-corrected chi connectivity index (χ4v) is 2.45. The standard InChI is InChI=1S/C13H16F3N5O/c14-13(15,16)9-2-5-21(9)11-6-10(18-8-19-11)17-7-12(22)20-3-1-4-20/h6,8-9H,1-5,7H2,(H,17,18,19). The molecule has 9 heteroatoms. The van der Waals surface area contributed by atoms with Crippen LogP contribution in [0.4, 0.5) is 24.8 Å². The van der Waals surface area contributed by atoms with Crippen molar-refractivity contribution in [2.75, 3.05) is 36.4 Å². The summed E-state index contributed by atoms with van der Waals surface area (Å²) in [5.74, 6) is 0.540. The van der Waals surface area contributed by atoms with Crippen LogP contribution in [0.2, 0.25) is 0 Å². The number of anilines is 2. The number of nitrogens with one attached hydrogen (secondary N) is 1. The van der Waals surface area contributed by atoms with Crippen molar-refractivity contribution >= 4 is 17.5 Å². The summed E-state index contributed by atoms with van der Waals surface area (Å²) in [6.07, 6.45) is -1.97. The molecule has 0 saturated carbocycles. The second kappa shape index (κ2) is 5.62. The summed E-state index contributed by atoms with van der Waals surface area (Å²) in [7, 11) is 0. The third kappa shape index (κ3) is 2.93. The Bertz CT molecular complexity index is 561. The first-order valence-corrected chi connectivity index (χ1v) is 7.12. The maximum absolute atomic E-state index is 12.8. The molecule has 2 fully saturated rings. The Morgan fingerprint density at radius 3 is 2.64 bits per heavy atom. The molecule has 1 aromatic heterocycles. The number of hydrogen-bond acceptors (Lipinski definition) is 5. The van der Waals surface area contributed by atoms with Crippen LogP contribution in [0, 0.1) is 0 Å². The molecule has 1 atom stereocenters. The van der Waals surface area contributed by atoms with Crippen LogP contribution in [0.25, 0.3) is 0 Å². The van der Waals surface area contributed by atoms with Gasteiger partial charge in [0.1, 0.15) is 24.0 Å². The first-order valence-electron chi connectivity index (χ1n) is 7.12. The molecular weight excluding hydrogens is 299 g/mol. The summed E-state index contributed by atoms with van der Waals surface area (Å²) in [5, 5.41) is 2.84. The van der Waals surface area contributed by atoms with Gasteiger partial charge in [0.05, 0.1) is 6.54 Å². The Balaban J connectivity index is 1.61. The van der Waals surface area contributed by atoms with E-state index in [-0.39, 0.29) is 24.7 Å². The van der Waals surface area contributed by atoms with Gasteiger partial charge < -0.3 is 15.1 Å². The molecule has 0 bridgehead atoms. The molecule has 120 valence electrons. The van der Waals surface area contributed by atoms with Gasteiger partial charge in [-0.15, -0.1) is 0 Å². The molecule has 6 nitrogen and oxygen atoms in total. The first kappa shape index (κ1) is 14.9. The molecule has 1 unspecified atom stereocenters. The Morgan fingerprint density at radius 1 is 1.32 bits per heavy atom. The molecule has 3 rings (SSSR count). The maximum atomic E-state index is 12.8. The smallest absolute Gasteiger partial charge is 0.361 e. The second-order valence-electron chi connectivity index (χ2n) is 5.39. The third-order valence-electron chi connectivity index (χ3n) is 3.97. The van der Waals surface area contributed by atoms with Crippen LogP contribution in [0.5, 0.6) is 0 Å². The fraction of sp³-hybridized carbons (Fsp3) is 0.615. The summed E-state index contributed by atoms with van der Waals surface area (Å²) in [6.45, 7) is 1.92. The number of alkyl halides is 3. The quantitative estimate of drug-likeness (QED) is 0.906. The van der Waals surface area contributed by atoms with Crippen LogP contribution in [-0.4, -0.2) is 59.2 Å². The lowest BCUT2D eigenvalue weighted by Crippen LogP contribution is -2.56. The van der Waals surface area contributed by atoms with Crippen molar-refractivity contribution in [1.82, 2.24) is 14.9 Å². The van der Waals surface area contributed by atoms with Crippen molar-refractivity contribution in [3.63, 3.8) is 0 Å². The number of nitrogens with zero attached hydrogens (tertiary/aromatic N) is 4. The Morgan fingerprint density at radius 2 is 2.09 bits per heavy atom. The van der Waals surface area contributed by atoms with Gasteiger partial charge in [-0.3, -0.25) is 4.79 Å². The average Bonchev–Trinajstić information content (AvgIpc) is 2.31. The minimum Gasteiger partial charge on any atom is -0.361 e. The zero-order chi connectivity index (χ0) is 15.7. The van der Waals surface area contributed by atoms with Gasteiger partial charge in [0.15, 0.2) is 0 Å². The molecule has 2 saturated heterocycles. The molecule has 1 aromatic rings. The van der Waals surface area contributed by atoms with Crippen LogP contribution >= 0.6 is 0 Å². The van der Waals surface area contributed by atoms with Crippen LogP contribution < -0.4 is 10.2 Å². The van der Waals surface area contributed by atoms with E-state index in [4.69, 9.17) is 0 Å². The zero-order valence-corrected chi connectivity index (χ0v) is 11.8. The lowest BCUT2D eigenvalue weighted by Gasteiger charge is -2.42.